The first-order chi connectivity index (χ1) is 9.70. The number of carboxylic acids is 1. The van der Waals surface area contributed by atoms with Crippen molar-refractivity contribution in [1.29, 1.82) is 0 Å². The summed E-state index contributed by atoms with van der Waals surface area (Å²) < 4.78 is 0. The Bertz CT molecular complexity index is 626. The van der Waals surface area contributed by atoms with Crippen LogP contribution in [0, 0.1) is 0 Å². The van der Waals surface area contributed by atoms with Crippen molar-refractivity contribution in [2.45, 2.75) is 32.1 Å². The Kier molecular flexibility index (Phi) is 3.55. The van der Waals surface area contributed by atoms with Crippen LogP contribution in [0.25, 0.3) is 0 Å². The highest BCUT2D eigenvalue weighted by atomic mass is 16.4. The Morgan fingerprint density at radius 2 is 1.40 bits per heavy atom. The molecule has 0 saturated carbocycles. The van der Waals surface area contributed by atoms with E-state index in [-0.39, 0.29) is 6.42 Å². The minimum Gasteiger partial charge on any atom is -0.481 e. The lowest BCUT2D eigenvalue weighted by Gasteiger charge is -2.13. The van der Waals surface area contributed by atoms with E-state index >= 15 is 0 Å². The molecule has 4 aliphatic rings. The average Bonchev–Trinajstić information content (AvgIpc) is 2.42. The molecule has 0 radical (unpaired) electrons. The van der Waals surface area contributed by atoms with Crippen LogP contribution in [0.5, 0.6) is 0 Å². The van der Waals surface area contributed by atoms with Crippen LogP contribution in [0.1, 0.15) is 27.8 Å². The van der Waals surface area contributed by atoms with Gasteiger partial charge in [0.2, 0.25) is 0 Å². The highest BCUT2D eigenvalue weighted by molar-refractivity contribution is 5.71. The largest absolute Gasteiger partial charge is 0.481 e. The number of aliphatic carboxylic acids is 1. The van der Waals surface area contributed by atoms with Gasteiger partial charge in [0.15, 0.2) is 0 Å². The van der Waals surface area contributed by atoms with Gasteiger partial charge in [-0.3, -0.25) is 4.79 Å². The molecule has 20 heavy (non-hydrogen) atoms. The highest BCUT2D eigenvalue weighted by Crippen LogP contribution is 2.19. The van der Waals surface area contributed by atoms with E-state index in [0.29, 0.717) is 0 Å². The first kappa shape index (κ1) is 12.9. The van der Waals surface area contributed by atoms with Gasteiger partial charge < -0.3 is 5.11 Å². The Labute approximate surface area is 119 Å². The average molecular weight is 266 g/mol. The zero-order valence-corrected chi connectivity index (χ0v) is 11.4. The van der Waals surface area contributed by atoms with Gasteiger partial charge in [-0.2, -0.15) is 0 Å². The minimum atomic E-state index is -0.751. The van der Waals surface area contributed by atoms with E-state index in [1.807, 2.05) is 0 Å². The normalized spacial score (nSPS) is 13.8. The highest BCUT2D eigenvalue weighted by Gasteiger charge is 2.10. The van der Waals surface area contributed by atoms with Gasteiger partial charge in [-0.25, -0.2) is 0 Å². The quantitative estimate of drug-likeness (QED) is 0.906. The summed E-state index contributed by atoms with van der Waals surface area (Å²) in [6, 6.07) is 15.1. The second kappa shape index (κ2) is 5.49. The molecule has 0 heterocycles. The standard InChI is InChI=1S/C18H18O2/c19-18(20)12-17-11-15-6-5-13-1-3-14(4-2-13)7-9-16(17)10-8-15/h1-4,8,10-11H,5-7,9,12H2,(H,19,20). The summed E-state index contributed by atoms with van der Waals surface area (Å²) in [6.45, 7) is 0. The molecule has 2 aromatic carbocycles. The van der Waals surface area contributed by atoms with Crippen molar-refractivity contribution in [2.75, 3.05) is 0 Å². The first-order valence-corrected chi connectivity index (χ1v) is 7.11. The van der Waals surface area contributed by atoms with Crippen molar-refractivity contribution in [3.05, 3.63) is 70.3 Å². The van der Waals surface area contributed by atoms with Crippen LogP contribution in [0.2, 0.25) is 0 Å². The van der Waals surface area contributed by atoms with Crippen molar-refractivity contribution < 1.29 is 9.90 Å². The maximum Gasteiger partial charge on any atom is 0.307 e. The smallest absolute Gasteiger partial charge is 0.307 e. The molecule has 0 unspecified atom stereocenters. The molecule has 0 aliphatic heterocycles. The summed E-state index contributed by atoms with van der Waals surface area (Å²) in [5.74, 6) is -0.751. The molecule has 6 rings (SSSR count). The van der Waals surface area contributed by atoms with Crippen LogP contribution in [0.3, 0.4) is 0 Å². The third kappa shape index (κ3) is 2.90. The third-order valence-corrected chi connectivity index (χ3v) is 4.02. The zero-order valence-electron chi connectivity index (χ0n) is 11.4. The van der Waals surface area contributed by atoms with Gasteiger partial charge in [0.25, 0.3) is 0 Å². The predicted octanol–water partition coefficient (Wildman–Crippen LogP) is 3.20. The Hall–Kier alpha value is -2.09. The molecule has 2 aromatic rings. The summed E-state index contributed by atoms with van der Waals surface area (Å²) in [4.78, 5) is 11.0. The van der Waals surface area contributed by atoms with E-state index in [1.54, 1.807) is 0 Å². The van der Waals surface area contributed by atoms with E-state index in [2.05, 4.69) is 42.5 Å². The zero-order chi connectivity index (χ0) is 13.9. The Morgan fingerprint density at radius 3 is 2.05 bits per heavy atom. The number of aryl methyl sites for hydroxylation is 4. The van der Waals surface area contributed by atoms with Crippen molar-refractivity contribution in [3.8, 4) is 0 Å². The number of carbonyl (C=O) groups is 1. The Morgan fingerprint density at radius 1 is 0.850 bits per heavy atom. The molecule has 0 aromatic heterocycles. The number of hydrogen-bond donors (Lipinski definition) is 1. The summed E-state index contributed by atoms with van der Waals surface area (Å²) in [5, 5.41) is 9.07. The Balaban J connectivity index is 1.97. The minimum absolute atomic E-state index is 0.126. The summed E-state index contributed by atoms with van der Waals surface area (Å²) in [7, 11) is 0. The molecule has 4 aliphatic carbocycles. The van der Waals surface area contributed by atoms with Crippen LogP contribution in [0.4, 0.5) is 0 Å². The fourth-order valence-corrected chi connectivity index (χ4v) is 2.85. The van der Waals surface area contributed by atoms with Crippen LogP contribution < -0.4 is 0 Å². The summed E-state index contributed by atoms with van der Waals surface area (Å²) in [5.41, 5.74) is 6.04. The lowest BCUT2D eigenvalue weighted by Crippen LogP contribution is -2.07. The van der Waals surface area contributed by atoms with Crippen molar-refractivity contribution in [1.82, 2.24) is 0 Å². The van der Waals surface area contributed by atoms with Gasteiger partial charge in [-0.05, 0) is 53.5 Å². The molecule has 2 heteroatoms. The van der Waals surface area contributed by atoms with Crippen molar-refractivity contribution >= 4 is 5.97 Å². The molecule has 0 fully saturated rings. The van der Waals surface area contributed by atoms with E-state index in [9.17, 15) is 4.79 Å². The SMILES string of the molecule is O=C(O)Cc1cc2ccc1CCc1ccc(cc1)CC2. The number of benzene rings is 2. The summed E-state index contributed by atoms with van der Waals surface area (Å²) >= 11 is 0. The van der Waals surface area contributed by atoms with Crippen molar-refractivity contribution in [2.24, 2.45) is 0 Å². The van der Waals surface area contributed by atoms with Crippen LogP contribution >= 0.6 is 0 Å². The molecule has 1 N–H and O–H groups in total. The second-order valence-electron chi connectivity index (χ2n) is 5.49. The van der Waals surface area contributed by atoms with E-state index in [1.165, 1.54) is 22.3 Å². The molecule has 2 nitrogen and oxygen atoms in total. The van der Waals surface area contributed by atoms with Gasteiger partial charge >= 0.3 is 5.97 Å². The van der Waals surface area contributed by atoms with Crippen LogP contribution in [-0.4, -0.2) is 11.1 Å². The van der Waals surface area contributed by atoms with Gasteiger partial charge in [0.1, 0.15) is 0 Å². The number of carboxylic acid groups (broad SMARTS) is 1. The van der Waals surface area contributed by atoms with Gasteiger partial charge in [0, 0.05) is 0 Å². The lowest BCUT2D eigenvalue weighted by molar-refractivity contribution is -0.136. The van der Waals surface area contributed by atoms with Gasteiger partial charge in [-0.15, -0.1) is 0 Å². The van der Waals surface area contributed by atoms with Gasteiger partial charge in [-0.1, -0.05) is 42.5 Å². The van der Waals surface area contributed by atoms with Crippen molar-refractivity contribution in [3.63, 3.8) is 0 Å². The molecule has 102 valence electrons. The molecule has 0 amide bonds. The maximum atomic E-state index is 11.0. The predicted molar refractivity (Wildman–Crippen MR) is 79.0 cm³/mol. The lowest BCUT2D eigenvalue weighted by atomic mass is 9.92. The molecule has 0 saturated heterocycles. The number of rotatable bonds is 2. The maximum absolute atomic E-state index is 11.0. The number of hydrogen-bond acceptors (Lipinski definition) is 1. The first-order valence-electron chi connectivity index (χ1n) is 7.11. The summed E-state index contributed by atoms with van der Waals surface area (Å²) in [6.07, 6.45) is 3.97. The molecule has 0 atom stereocenters. The monoisotopic (exact) mass is 266 g/mol. The van der Waals surface area contributed by atoms with Crippen LogP contribution in [-0.2, 0) is 36.9 Å². The van der Waals surface area contributed by atoms with Gasteiger partial charge in [0.05, 0.1) is 6.42 Å². The van der Waals surface area contributed by atoms with E-state index < -0.39 is 5.97 Å². The second-order valence-corrected chi connectivity index (χ2v) is 5.49. The fraction of sp³-hybridized carbons (Fsp3) is 0.278. The molecular weight excluding hydrogens is 248 g/mol. The third-order valence-electron chi connectivity index (χ3n) is 4.02. The molecular formula is C18H18O2. The van der Waals surface area contributed by atoms with Crippen LogP contribution in [0.15, 0.2) is 42.5 Å². The fourth-order valence-electron chi connectivity index (χ4n) is 2.85. The van der Waals surface area contributed by atoms with E-state index in [4.69, 9.17) is 5.11 Å². The molecule has 0 spiro atoms. The topological polar surface area (TPSA) is 37.3 Å². The molecule has 4 bridgehead atoms. The van der Waals surface area contributed by atoms with E-state index in [0.717, 1.165) is 31.2 Å².